The highest BCUT2D eigenvalue weighted by Crippen LogP contribution is 2.31. The molecule has 0 fully saturated rings. The average molecular weight is 689 g/mol. The summed E-state index contributed by atoms with van der Waals surface area (Å²) in [5, 5.41) is 60.4. The van der Waals surface area contributed by atoms with Crippen molar-refractivity contribution in [3.8, 4) is 68.0 Å². The molecule has 4 aromatic carbocycles. The molecular formula is C40H32N8O4. The van der Waals surface area contributed by atoms with Crippen molar-refractivity contribution in [1.82, 2.24) is 39.1 Å². The van der Waals surface area contributed by atoms with Crippen molar-refractivity contribution >= 4 is 0 Å². The van der Waals surface area contributed by atoms with E-state index in [1.807, 2.05) is 91.5 Å². The molecule has 0 saturated carbocycles. The number of fused-ring (bicyclic) bond motifs is 8. The van der Waals surface area contributed by atoms with Gasteiger partial charge in [-0.15, -0.1) is 0 Å². The van der Waals surface area contributed by atoms with Crippen LogP contribution in [0.5, 0.6) is 23.0 Å². The van der Waals surface area contributed by atoms with Crippen molar-refractivity contribution < 1.29 is 20.4 Å². The second-order valence-electron chi connectivity index (χ2n) is 12.9. The van der Waals surface area contributed by atoms with E-state index in [2.05, 4.69) is 0 Å². The lowest BCUT2D eigenvalue weighted by Crippen LogP contribution is -2.11. The molecule has 0 radical (unpaired) electrons. The maximum atomic E-state index is 10.0. The molecular weight excluding hydrogens is 656 g/mol. The maximum absolute atomic E-state index is 10.0. The third-order valence-electron chi connectivity index (χ3n) is 9.22. The van der Waals surface area contributed by atoms with Gasteiger partial charge in [0.2, 0.25) is 0 Å². The molecule has 0 amide bonds. The van der Waals surface area contributed by atoms with Gasteiger partial charge in [0.25, 0.3) is 0 Å². The van der Waals surface area contributed by atoms with Crippen molar-refractivity contribution in [2.24, 2.45) is 0 Å². The number of hydrogen-bond acceptors (Lipinski definition) is 8. The molecule has 4 N–H and O–H groups in total. The Labute approximate surface area is 297 Å². The van der Waals surface area contributed by atoms with Crippen LogP contribution in [0.4, 0.5) is 0 Å². The van der Waals surface area contributed by atoms with Gasteiger partial charge in [-0.25, -0.2) is 0 Å². The van der Waals surface area contributed by atoms with E-state index in [1.165, 1.54) is 0 Å². The molecule has 8 aromatic rings. The molecule has 0 atom stereocenters. The summed E-state index contributed by atoms with van der Waals surface area (Å²) >= 11 is 0. The lowest BCUT2D eigenvalue weighted by molar-refractivity contribution is 0.475. The minimum Gasteiger partial charge on any atom is -0.508 e. The quantitative estimate of drug-likeness (QED) is 0.164. The number of phenols is 4. The standard InChI is InChI=1S/C40H32N8O4/c49-33-9-1-25(2-10-33)37-17-29-22-46-39(27-5-13-35(51)14-6-27)19-31(43-46)24-48-40(28-7-15-36(52)16-8-28)20-32(44-48)23-47-38(26-3-11-34(50)12-4-26)18-30(42-47)21-45(37)41-29/h1-20,49-52H,21-24H2. The van der Waals surface area contributed by atoms with Gasteiger partial charge in [-0.1, -0.05) is 0 Å². The van der Waals surface area contributed by atoms with Crippen molar-refractivity contribution in [2.45, 2.75) is 26.2 Å². The summed E-state index contributed by atoms with van der Waals surface area (Å²) in [6.07, 6.45) is 0. The van der Waals surface area contributed by atoms with Gasteiger partial charge in [0.05, 0.1) is 71.7 Å². The van der Waals surface area contributed by atoms with Crippen LogP contribution in [0.25, 0.3) is 45.0 Å². The molecule has 0 spiro atoms. The van der Waals surface area contributed by atoms with Crippen LogP contribution in [0.1, 0.15) is 22.8 Å². The fraction of sp³-hybridized carbons (Fsp3) is 0.100. The van der Waals surface area contributed by atoms with Crippen LogP contribution in [0, 0.1) is 0 Å². The van der Waals surface area contributed by atoms with Crippen molar-refractivity contribution in [3.05, 3.63) is 144 Å². The summed E-state index contributed by atoms with van der Waals surface area (Å²) in [4.78, 5) is 0. The number of phenolic OH excluding ortho intramolecular Hbond substituents is 4. The molecule has 4 aromatic heterocycles. The Hall–Kier alpha value is -7.08. The predicted octanol–water partition coefficient (Wildman–Crippen LogP) is 6.47. The highest BCUT2D eigenvalue weighted by Gasteiger charge is 2.21. The van der Waals surface area contributed by atoms with Crippen LogP contribution < -0.4 is 0 Å². The molecule has 0 aliphatic carbocycles. The number of nitrogens with zero attached hydrogens (tertiary/aromatic N) is 8. The Morgan fingerprint density at radius 2 is 0.500 bits per heavy atom. The molecule has 52 heavy (non-hydrogen) atoms. The number of benzene rings is 4. The zero-order valence-electron chi connectivity index (χ0n) is 27.7. The van der Waals surface area contributed by atoms with Gasteiger partial charge in [0.1, 0.15) is 23.0 Å². The van der Waals surface area contributed by atoms with Crippen LogP contribution in [0.15, 0.2) is 121 Å². The average Bonchev–Trinajstić information content (AvgIpc) is 3.93. The van der Waals surface area contributed by atoms with Crippen molar-refractivity contribution in [3.63, 3.8) is 0 Å². The van der Waals surface area contributed by atoms with E-state index in [-0.39, 0.29) is 23.0 Å². The second kappa shape index (κ2) is 12.4. The molecule has 0 unspecified atom stereocenters. The van der Waals surface area contributed by atoms with E-state index >= 15 is 0 Å². The molecule has 256 valence electrons. The summed E-state index contributed by atoms with van der Waals surface area (Å²) in [6.45, 7) is 1.43. The molecule has 12 nitrogen and oxygen atoms in total. The van der Waals surface area contributed by atoms with Gasteiger partial charge >= 0.3 is 0 Å². The number of hydrogen-bond donors (Lipinski definition) is 4. The van der Waals surface area contributed by atoms with Gasteiger partial charge in [-0.05, 0) is 121 Å². The first kappa shape index (κ1) is 30.9. The molecule has 1 aliphatic heterocycles. The van der Waals surface area contributed by atoms with Crippen LogP contribution in [0.3, 0.4) is 0 Å². The zero-order chi connectivity index (χ0) is 35.3. The molecule has 12 heteroatoms. The maximum Gasteiger partial charge on any atom is 0.115 e. The molecule has 8 bridgehead atoms. The Kier molecular flexibility index (Phi) is 7.35. The Morgan fingerprint density at radius 1 is 0.308 bits per heavy atom. The number of aromatic hydroxyl groups is 4. The Morgan fingerprint density at radius 3 is 0.692 bits per heavy atom. The third kappa shape index (κ3) is 5.92. The van der Waals surface area contributed by atoms with Crippen molar-refractivity contribution in [1.29, 1.82) is 0 Å². The zero-order valence-corrected chi connectivity index (χ0v) is 27.7. The van der Waals surface area contributed by atoms with Gasteiger partial charge in [-0.2, -0.15) is 20.4 Å². The lowest BCUT2D eigenvalue weighted by Gasteiger charge is -2.08. The van der Waals surface area contributed by atoms with Crippen LogP contribution in [-0.2, 0) is 26.2 Å². The fourth-order valence-corrected chi connectivity index (χ4v) is 6.74. The van der Waals surface area contributed by atoms with E-state index in [0.29, 0.717) is 26.2 Å². The normalized spacial score (nSPS) is 12.6. The van der Waals surface area contributed by atoms with Crippen LogP contribution >= 0.6 is 0 Å². The highest BCUT2D eigenvalue weighted by atomic mass is 16.3. The van der Waals surface area contributed by atoms with Gasteiger partial charge < -0.3 is 20.4 Å². The Balaban J connectivity index is 1.23. The lowest BCUT2D eigenvalue weighted by atomic mass is 10.1. The van der Waals surface area contributed by atoms with E-state index in [1.54, 1.807) is 48.5 Å². The second-order valence-corrected chi connectivity index (χ2v) is 12.9. The SMILES string of the molecule is Oc1ccc(-c2cc3nn2Cc2cc(-c4ccc(O)cc4)n(n2)Cc2cc(-c4ccc(O)cc4)n(n2)Cc2cc(-c4ccc(O)cc4)n(n2)C3)cc1. The fourth-order valence-electron chi connectivity index (χ4n) is 6.74. The monoisotopic (exact) mass is 688 g/mol. The summed E-state index contributed by atoms with van der Waals surface area (Å²) in [5.74, 6) is 0.707. The first-order valence-corrected chi connectivity index (χ1v) is 16.8. The number of aromatic nitrogens is 8. The highest BCUT2D eigenvalue weighted by molar-refractivity contribution is 5.65. The van der Waals surface area contributed by atoms with E-state index in [9.17, 15) is 20.4 Å². The summed E-state index contributed by atoms with van der Waals surface area (Å²) in [5.41, 5.74) is 10.1. The van der Waals surface area contributed by atoms with E-state index < -0.39 is 0 Å². The van der Waals surface area contributed by atoms with Crippen molar-refractivity contribution in [2.75, 3.05) is 0 Å². The van der Waals surface area contributed by atoms with E-state index in [0.717, 1.165) is 67.8 Å². The first-order chi connectivity index (χ1) is 25.3. The van der Waals surface area contributed by atoms with E-state index in [4.69, 9.17) is 20.4 Å². The number of rotatable bonds is 4. The van der Waals surface area contributed by atoms with Gasteiger partial charge in [0.15, 0.2) is 0 Å². The first-order valence-electron chi connectivity index (χ1n) is 16.8. The molecule has 0 saturated heterocycles. The summed E-state index contributed by atoms with van der Waals surface area (Å²) in [7, 11) is 0. The minimum absolute atomic E-state index is 0.177. The molecule has 5 heterocycles. The predicted molar refractivity (Wildman–Crippen MR) is 194 cm³/mol. The largest absolute Gasteiger partial charge is 0.508 e. The molecule has 1 aliphatic rings. The van der Waals surface area contributed by atoms with Gasteiger partial charge in [-0.3, -0.25) is 18.7 Å². The molecule has 9 rings (SSSR count). The third-order valence-corrected chi connectivity index (χ3v) is 9.22. The van der Waals surface area contributed by atoms with Crippen LogP contribution in [0.2, 0.25) is 0 Å². The van der Waals surface area contributed by atoms with Crippen LogP contribution in [-0.4, -0.2) is 59.5 Å². The smallest absolute Gasteiger partial charge is 0.115 e. The summed E-state index contributed by atoms with van der Waals surface area (Å²) in [6, 6.07) is 36.3. The van der Waals surface area contributed by atoms with Gasteiger partial charge in [0, 0.05) is 22.3 Å². The Bertz CT molecular complexity index is 2180. The summed E-state index contributed by atoms with van der Waals surface area (Å²) < 4.78 is 7.68. The minimum atomic E-state index is 0.177. The topological polar surface area (TPSA) is 152 Å².